The first-order chi connectivity index (χ1) is 9.47. The molecule has 2 rings (SSSR count). The smallest absolute Gasteiger partial charge is 0.292 e. The molecule has 20 heavy (non-hydrogen) atoms. The molecule has 0 atom stereocenters. The Morgan fingerprint density at radius 2 is 2.05 bits per heavy atom. The second-order valence-electron chi connectivity index (χ2n) is 6.01. The van der Waals surface area contributed by atoms with E-state index in [4.69, 9.17) is 5.73 Å². The summed E-state index contributed by atoms with van der Waals surface area (Å²) >= 11 is 0. The molecular formula is C15H23N3O2. The number of nitrogens with zero attached hydrogens (tertiary/aromatic N) is 2. The van der Waals surface area contributed by atoms with E-state index in [2.05, 4.69) is 18.7 Å². The Bertz CT molecular complexity index is 480. The van der Waals surface area contributed by atoms with Gasteiger partial charge in [0.1, 0.15) is 5.69 Å². The fraction of sp³-hybridized carbons (Fsp3) is 0.600. The van der Waals surface area contributed by atoms with E-state index in [1.54, 1.807) is 12.1 Å². The topological polar surface area (TPSA) is 72.4 Å². The number of piperidine rings is 1. The molecular weight excluding hydrogens is 254 g/mol. The fourth-order valence-electron chi connectivity index (χ4n) is 2.88. The lowest BCUT2D eigenvalue weighted by atomic mass is 9.86. The van der Waals surface area contributed by atoms with Gasteiger partial charge in [0.05, 0.1) is 4.92 Å². The maximum absolute atomic E-state index is 10.9. The molecule has 0 amide bonds. The quantitative estimate of drug-likeness (QED) is 0.521. The SMILES string of the molecule is CC(C)C1CCN(Cc2ccc(N)c([N+](=O)[O-])c2)CC1. The molecule has 1 heterocycles. The van der Waals surface area contributed by atoms with Crippen LogP contribution >= 0.6 is 0 Å². The van der Waals surface area contributed by atoms with Crippen LogP contribution < -0.4 is 5.73 Å². The minimum absolute atomic E-state index is 0.0135. The molecule has 1 aromatic carbocycles. The van der Waals surface area contributed by atoms with Crippen LogP contribution in [0.3, 0.4) is 0 Å². The number of nitro benzene ring substituents is 1. The predicted molar refractivity (Wildman–Crippen MR) is 80.3 cm³/mol. The van der Waals surface area contributed by atoms with Gasteiger partial charge in [-0.1, -0.05) is 19.9 Å². The molecule has 0 aromatic heterocycles. The summed E-state index contributed by atoms with van der Waals surface area (Å²) in [5.41, 5.74) is 6.83. The fourth-order valence-corrected chi connectivity index (χ4v) is 2.88. The number of nitrogens with two attached hydrogens (primary N) is 1. The highest BCUT2D eigenvalue weighted by Gasteiger charge is 2.22. The number of nitrogen functional groups attached to an aromatic ring is 1. The molecule has 5 heteroatoms. The highest BCUT2D eigenvalue weighted by atomic mass is 16.6. The average molecular weight is 277 g/mol. The Hall–Kier alpha value is -1.62. The van der Waals surface area contributed by atoms with Crippen molar-refractivity contribution in [2.24, 2.45) is 11.8 Å². The lowest BCUT2D eigenvalue weighted by Crippen LogP contribution is -2.34. The van der Waals surface area contributed by atoms with Crippen molar-refractivity contribution in [2.45, 2.75) is 33.2 Å². The van der Waals surface area contributed by atoms with Crippen LogP contribution in [0.4, 0.5) is 11.4 Å². The van der Waals surface area contributed by atoms with Crippen molar-refractivity contribution in [3.63, 3.8) is 0 Å². The van der Waals surface area contributed by atoms with Crippen LogP contribution in [-0.2, 0) is 6.54 Å². The second-order valence-corrected chi connectivity index (χ2v) is 6.01. The van der Waals surface area contributed by atoms with Crippen molar-refractivity contribution in [1.82, 2.24) is 4.90 Å². The molecule has 1 saturated heterocycles. The first kappa shape index (κ1) is 14.8. The van der Waals surface area contributed by atoms with Crippen LogP contribution in [0.5, 0.6) is 0 Å². The highest BCUT2D eigenvalue weighted by molar-refractivity contribution is 5.59. The Morgan fingerprint density at radius 1 is 1.40 bits per heavy atom. The van der Waals surface area contributed by atoms with Gasteiger partial charge in [-0.15, -0.1) is 0 Å². The Balaban J connectivity index is 1.98. The van der Waals surface area contributed by atoms with Crippen LogP contribution in [0.15, 0.2) is 18.2 Å². The van der Waals surface area contributed by atoms with E-state index in [0.29, 0.717) is 0 Å². The summed E-state index contributed by atoms with van der Waals surface area (Å²) in [7, 11) is 0. The molecule has 0 radical (unpaired) electrons. The van der Waals surface area contributed by atoms with Crippen LogP contribution in [0, 0.1) is 22.0 Å². The van der Waals surface area contributed by atoms with E-state index < -0.39 is 4.92 Å². The van der Waals surface area contributed by atoms with Crippen molar-refractivity contribution in [1.29, 1.82) is 0 Å². The number of benzene rings is 1. The van der Waals surface area contributed by atoms with Crippen molar-refractivity contribution in [2.75, 3.05) is 18.8 Å². The predicted octanol–water partition coefficient (Wildman–Crippen LogP) is 3.05. The number of likely N-dealkylation sites (tertiary alicyclic amines) is 1. The molecule has 2 N–H and O–H groups in total. The van der Waals surface area contributed by atoms with Crippen molar-refractivity contribution in [3.8, 4) is 0 Å². The van der Waals surface area contributed by atoms with Gasteiger partial charge in [0.25, 0.3) is 5.69 Å². The van der Waals surface area contributed by atoms with E-state index in [-0.39, 0.29) is 11.4 Å². The van der Waals surface area contributed by atoms with E-state index in [1.807, 2.05) is 6.07 Å². The minimum atomic E-state index is -0.413. The molecule has 0 unspecified atom stereocenters. The lowest BCUT2D eigenvalue weighted by molar-refractivity contribution is -0.384. The van der Waals surface area contributed by atoms with Gasteiger partial charge in [0.2, 0.25) is 0 Å². The van der Waals surface area contributed by atoms with E-state index in [1.165, 1.54) is 12.8 Å². The molecule has 1 aliphatic heterocycles. The zero-order valence-electron chi connectivity index (χ0n) is 12.2. The first-order valence-corrected chi connectivity index (χ1v) is 7.22. The van der Waals surface area contributed by atoms with Crippen LogP contribution in [0.1, 0.15) is 32.3 Å². The van der Waals surface area contributed by atoms with Gasteiger partial charge < -0.3 is 5.73 Å². The lowest BCUT2D eigenvalue weighted by Gasteiger charge is -2.33. The summed E-state index contributed by atoms with van der Waals surface area (Å²) in [4.78, 5) is 12.9. The molecule has 110 valence electrons. The highest BCUT2D eigenvalue weighted by Crippen LogP contribution is 2.27. The molecule has 1 aliphatic rings. The van der Waals surface area contributed by atoms with E-state index in [9.17, 15) is 10.1 Å². The summed E-state index contributed by atoms with van der Waals surface area (Å²) in [6.45, 7) is 7.47. The van der Waals surface area contributed by atoms with Gasteiger partial charge >= 0.3 is 0 Å². The van der Waals surface area contributed by atoms with Crippen LogP contribution in [0.25, 0.3) is 0 Å². The minimum Gasteiger partial charge on any atom is -0.393 e. The molecule has 0 spiro atoms. The molecule has 0 bridgehead atoms. The van der Waals surface area contributed by atoms with Gasteiger partial charge in [-0.2, -0.15) is 0 Å². The molecule has 0 aliphatic carbocycles. The number of hydrogen-bond acceptors (Lipinski definition) is 4. The van der Waals surface area contributed by atoms with Crippen molar-refractivity contribution < 1.29 is 4.92 Å². The summed E-state index contributed by atoms with van der Waals surface area (Å²) in [6, 6.07) is 5.12. The Labute approximate surface area is 119 Å². The number of hydrogen-bond donors (Lipinski definition) is 1. The number of rotatable bonds is 4. The molecule has 1 fully saturated rings. The molecule has 1 aromatic rings. The third-order valence-corrected chi connectivity index (χ3v) is 4.27. The van der Waals surface area contributed by atoms with Crippen molar-refractivity contribution >= 4 is 11.4 Å². The zero-order valence-corrected chi connectivity index (χ0v) is 12.2. The van der Waals surface area contributed by atoms with Gasteiger partial charge in [0.15, 0.2) is 0 Å². The maximum atomic E-state index is 10.9. The van der Waals surface area contributed by atoms with Crippen LogP contribution in [0.2, 0.25) is 0 Å². The molecule has 0 saturated carbocycles. The zero-order chi connectivity index (χ0) is 14.7. The standard InChI is InChI=1S/C15H23N3O2/c1-11(2)13-5-7-17(8-6-13)10-12-3-4-14(16)15(9-12)18(19)20/h3-4,9,11,13H,5-8,10,16H2,1-2H3. The normalized spacial score (nSPS) is 17.6. The third-order valence-electron chi connectivity index (χ3n) is 4.27. The first-order valence-electron chi connectivity index (χ1n) is 7.22. The maximum Gasteiger partial charge on any atom is 0.292 e. The summed E-state index contributed by atoms with van der Waals surface area (Å²) < 4.78 is 0. The summed E-state index contributed by atoms with van der Waals surface area (Å²) in [5, 5.41) is 10.9. The summed E-state index contributed by atoms with van der Waals surface area (Å²) in [5.74, 6) is 1.56. The average Bonchev–Trinajstić information content (AvgIpc) is 2.41. The number of anilines is 1. The Kier molecular flexibility index (Phi) is 4.60. The third kappa shape index (κ3) is 3.48. The summed E-state index contributed by atoms with van der Waals surface area (Å²) in [6.07, 6.45) is 2.43. The Morgan fingerprint density at radius 3 is 2.60 bits per heavy atom. The monoisotopic (exact) mass is 277 g/mol. The van der Waals surface area contributed by atoms with Gasteiger partial charge in [-0.25, -0.2) is 0 Å². The second kappa shape index (κ2) is 6.22. The largest absolute Gasteiger partial charge is 0.393 e. The van der Waals surface area contributed by atoms with E-state index >= 15 is 0 Å². The van der Waals surface area contributed by atoms with Gasteiger partial charge in [-0.05, 0) is 49.4 Å². The van der Waals surface area contributed by atoms with Crippen LogP contribution in [-0.4, -0.2) is 22.9 Å². The van der Waals surface area contributed by atoms with E-state index in [0.717, 1.165) is 37.0 Å². The molecule has 5 nitrogen and oxygen atoms in total. The number of nitro groups is 1. The van der Waals surface area contributed by atoms with Crippen molar-refractivity contribution in [3.05, 3.63) is 33.9 Å². The van der Waals surface area contributed by atoms with Gasteiger partial charge in [-0.3, -0.25) is 15.0 Å². The van der Waals surface area contributed by atoms with Gasteiger partial charge in [0, 0.05) is 12.6 Å².